The van der Waals surface area contributed by atoms with Gasteiger partial charge in [0, 0.05) is 6.04 Å². The van der Waals surface area contributed by atoms with E-state index in [-0.39, 0.29) is 5.92 Å². The lowest BCUT2D eigenvalue weighted by Crippen LogP contribution is -2.37. The van der Waals surface area contributed by atoms with Crippen LogP contribution in [0, 0.1) is 5.92 Å². The molecule has 1 unspecified atom stereocenters. The maximum absolute atomic E-state index is 10.4. The highest BCUT2D eigenvalue weighted by atomic mass is 32.2. The summed E-state index contributed by atoms with van der Waals surface area (Å²) in [7, 11) is -4.15. The Hall–Kier alpha value is -0.130. The SMILES string of the molecule is NC(CS(=O)(=O)[O-])C1CCCCC1. The van der Waals surface area contributed by atoms with E-state index in [4.69, 9.17) is 5.73 Å². The van der Waals surface area contributed by atoms with E-state index >= 15 is 0 Å². The van der Waals surface area contributed by atoms with Crippen molar-refractivity contribution in [1.29, 1.82) is 0 Å². The van der Waals surface area contributed by atoms with E-state index < -0.39 is 21.9 Å². The first-order chi connectivity index (χ1) is 5.99. The highest BCUT2D eigenvalue weighted by molar-refractivity contribution is 7.85. The minimum Gasteiger partial charge on any atom is -0.748 e. The Kier molecular flexibility index (Phi) is 3.70. The van der Waals surface area contributed by atoms with Crippen LogP contribution in [0.1, 0.15) is 32.1 Å². The van der Waals surface area contributed by atoms with Crippen LogP contribution in [0.3, 0.4) is 0 Å². The molecule has 0 bridgehead atoms. The lowest BCUT2D eigenvalue weighted by atomic mass is 9.85. The van der Waals surface area contributed by atoms with Gasteiger partial charge in [0.1, 0.15) is 0 Å². The third kappa shape index (κ3) is 4.06. The van der Waals surface area contributed by atoms with Crippen molar-refractivity contribution in [2.45, 2.75) is 38.1 Å². The van der Waals surface area contributed by atoms with Crippen molar-refractivity contribution >= 4 is 10.1 Å². The molecule has 0 aromatic heterocycles. The van der Waals surface area contributed by atoms with Gasteiger partial charge in [0.15, 0.2) is 0 Å². The van der Waals surface area contributed by atoms with Gasteiger partial charge in [-0.05, 0) is 18.8 Å². The molecule has 0 spiro atoms. The van der Waals surface area contributed by atoms with Gasteiger partial charge in [0.2, 0.25) is 0 Å². The van der Waals surface area contributed by atoms with Gasteiger partial charge >= 0.3 is 0 Å². The molecule has 0 saturated heterocycles. The number of hydrogen-bond acceptors (Lipinski definition) is 4. The first-order valence-electron chi connectivity index (χ1n) is 4.68. The zero-order valence-corrected chi connectivity index (χ0v) is 8.42. The topological polar surface area (TPSA) is 83.2 Å². The van der Waals surface area contributed by atoms with Crippen LogP contribution < -0.4 is 5.73 Å². The van der Waals surface area contributed by atoms with E-state index in [1.807, 2.05) is 0 Å². The van der Waals surface area contributed by atoms with Gasteiger partial charge < -0.3 is 10.3 Å². The minimum absolute atomic E-state index is 0.234. The molecule has 4 nitrogen and oxygen atoms in total. The Balaban J connectivity index is 2.42. The third-order valence-electron chi connectivity index (χ3n) is 2.65. The Morgan fingerprint density at radius 2 is 1.85 bits per heavy atom. The van der Waals surface area contributed by atoms with Crippen molar-refractivity contribution in [3.63, 3.8) is 0 Å². The van der Waals surface area contributed by atoms with Gasteiger partial charge in [-0.25, -0.2) is 8.42 Å². The Labute approximate surface area is 79.3 Å². The van der Waals surface area contributed by atoms with Gasteiger partial charge in [0.25, 0.3) is 0 Å². The number of hydrogen-bond donors (Lipinski definition) is 1. The fourth-order valence-electron chi connectivity index (χ4n) is 1.93. The van der Waals surface area contributed by atoms with Crippen LogP contribution in [-0.2, 0) is 10.1 Å². The van der Waals surface area contributed by atoms with E-state index in [1.165, 1.54) is 6.42 Å². The summed E-state index contributed by atoms with van der Waals surface area (Å²) in [5.74, 6) is -0.171. The summed E-state index contributed by atoms with van der Waals surface area (Å²) in [6, 6.07) is -0.456. The summed E-state index contributed by atoms with van der Waals surface area (Å²) >= 11 is 0. The average Bonchev–Trinajstić information content (AvgIpc) is 2.03. The van der Waals surface area contributed by atoms with Gasteiger partial charge in [-0.2, -0.15) is 0 Å². The van der Waals surface area contributed by atoms with Crippen molar-refractivity contribution in [3.05, 3.63) is 0 Å². The van der Waals surface area contributed by atoms with Crippen LogP contribution in [0.15, 0.2) is 0 Å². The molecule has 1 atom stereocenters. The molecule has 1 rings (SSSR count). The number of nitrogens with two attached hydrogens (primary N) is 1. The maximum atomic E-state index is 10.4. The molecule has 0 heterocycles. The molecule has 13 heavy (non-hydrogen) atoms. The summed E-state index contributed by atoms with van der Waals surface area (Å²) < 4.78 is 31.3. The highest BCUT2D eigenvalue weighted by Crippen LogP contribution is 2.25. The normalized spacial score (nSPS) is 22.9. The van der Waals surface area contributed by atoms with Crippen LogP contribution in [0.25, 0.3) is 0 Å². The standard InChI is InChI=1S/C8H17NO3S/c9-8(6-13(10,11)12)7-4-2-1-3-5-7/h7-8H,1-6,9H2,(H,10,11,12)/p-1. The molecule has 0 radical (unpaired) electrons. The Morgan fingerprint density at radius 1 is 1.31 bits per heavy atom. The second kappa shape index (κ2) is 4.39. The molecule has 1 aliphatic rings. The minimum atomic E-state index is -4.15. The van der Waals surface area contributed by atoms with Crippen molar-refractivity contribution in [2.75, 3.05) is 5.75 Å². The summed E-state index contributed by atoms with van der Waals surface area (Å²) in [6.07, 6.45) is 5.36. The maximum Gasteiger partial charge on any atom is 0.0961 e. The van der Waals surface area contributed by atoms with E-state index in [9.17, 15) is 13.0 Å². The molecular formula is C8H16NO3S-. The van der Waals surface area contributed by atoms with Gasteiger partial charge in [-0.3, -0.25) is 0 Å². The molecular weight excluding hydrogens is 190 g/mol. The lowest BCUT2D eigenvalue weighted by molar-refractivity contribution is 0.313. The van der Waals surface area contributed by atoms with Gasteiger partial charge in [0.05, 0.1) is 15.9 Å². The predicted octanol–water partition coefficient (Wildman–Crippen LogP) is 0.439. The molecule has 0 aliphatic heterocycles. The molecule has 1 fully saturated rings. The molecule has 1 aliphatic carbocycles. The van der Waals surface area contributed by atoms with Crippen LogP contribution in [0.2, 0.25) is 0 Å². The van der Waals surface area contributed by atoms with Crippen LogP contribution >= 0.6 is 0 Å². The smallest absolute Gasteiger partial charge is 0.0961 e. The zero-order valence-electron chi connectivity index (χ0n) is 7.61. The predicted molar refractivity (Wildman–Crippen MR) is 49.1 cm³/mol. The van der Waals surface area contributed by atoms with E-state index in [1.54, 1.807) is 0 Å². The summed E-state index contributed by atoms with van der Waals surface area (Å²) in [5, 5.41) is 0. The molecule has 5 heteroatoms. The molecule has 0 amide bonds. The fourth-order valence-corrected chi connectivity index (χ4v) is 2.68. The van der Waals surface area contributed by atoms with Crippen LogP contribution in [-0.4, -0.2) is 24.8 Å². The highest BCUT2D eigenvalue weighted by Gasteiger charge is 2.21. The molecule has 0 aromatic carbocycles. The fraction of sp³-hybridized carbons (Fsp3) is 1.00. The molecule has 78 valence electrons. The molecule has 1 saturated carbocycles. The largest absolute Gasteiger partial charge is 0.748 e. The van der Waals surface area contributed by atoms with E-state index in [0.717, 1.165) is 25.7 Å². The van der Waals surface area contributed by atoms with Crippen LogP contribution in [0.5, 0.6) is 0 Å². The molecule has 0 aromatic rings. The van der Waals surface area contributed by atoms with Gasteiger partial charge in [-0.1, -0.05) is 19.3 Å². The first-order valence-corrected chi connectivity index (χ1v) is 6.26. The average molecular weight is 206 g/mol. The van der Waals surface area contributed by atoms with E-state index in [0.29, 0.717) is 0 Å². The first kappa shape index (κ1) is 10.9. The molecule has 2 N–H and O–H groups in total. The van der Waals surface area contributed by atoms with Gasteiger partial charge in [-0.15, -0.1) is 0 Å². The Morgan fingerprint density at radius 3 is 2.31 bits per heavy atom. The third-order valence-corrected chi connectivity index (χ3v) is 3.45. The van der Waals surface area contributed by atoms with Crippen molar-refractivity contribution < 1.29 is 13.0 Å². The van der Waals surface area contributed by atoms with Crippen molar-refractivity contribution in [1.82, 2.24) is 0 Å². The quantitative estimate of drug-likeness (QED) is 0.679. The van der Waals surface area contributed by atoms with Crippen molar-refractivity contribution in [2.24, 2.45) is 11.7 Å². The van der Waals surface area contributed by atoms with E-state index in [2.05, 4.69) is 0 Å². The number of rotatable bonds is 3. The summed E-state index contributed by atoms with van der Waals surface area (Å²) in [6.45, 7) is 0. The summed E-state index contributed by atoms with van der Waals surface area (Å²) in [5.41, 5.74) is 5.66. The summed E-state index contributed by atoms with van der Waals surface area (Å²) in [4.78, 5) is 0. The Bertz CT molecular complexity index is 244. The zero-order chi connectivity index (χ0) is 9.90. The van der Waals surface area contributed by atoms with Crippen LogP contribution in [0.4, 0.5) is 0 Å². The second-order valence-corrected chi connectivity index (χ2v) is 5.23. The lowest BCUT2D eigenvalue weighted by Gasteiger charge is -2.27. The second-order valence-electron chi connectivity index (χ2n) is 3.79. The van der Waals surface area contributed by atoms with Crippen molar-refractivity contribution in [3.8, 4) is 0 Å². The monoisotopic (exact) mass is 206 g/mol.